The first-order valence-electron chi connectivity index (χ1n) is 8.55. The predicted molar refractivity (Wildman–Crippen MR) is 92.8 cm³/mol. The second kappa shape index (κ2) is 6.88. The van der Waals surface area contributed by atoms with E-state index in [9.17, 15) is 4.79 Å². The highest BCUT2D eigenvalue weighted by Gasteiger charge is 2.25. The number of benzene rings is 1. The van der Waals surface area contributed by atoms with Gasteiger partial charge in [-0.3, -0.25) is 4.79 Å². The van der Waals surface area contributed by atoms with E-state index in [2.05, 4.69) is 30.0 Å². The molecule has 0 saturated heterocycles. The zero-order valence-electron chi connectivity index (χ0n) is 13.8. The Balaban J connectivity index is 1.40. The van der Waals surface area contributed by atoms with Gasteiger partial charge >= 0.3 is 0 Å². The average Bonchev–Trinajstić information content (AvgIpc) is 3.35. The molecule has 0 radical (unpaired) electrons. The summed E-state index contributed by atoms with van der Waals surface area (Å²) in [5, 5.41) is 10.9. The molecule has 0 unspecified atom stereocenters. The molecule has 1 amide bonds. The summed E-state index contributed by atoms with van der Waals surface area (Å²) in [4.78, 5) is 20.0. The van der Waals surface area contributed by atoms with Crippen molar-refractivity contribution in [2.24, 2.45) is 0 Å². The highest BCUT2D eigenvalue weighted by Crippen LogP contribution is 2.28. The third kappa shape index (κ3) is 3.31. The van der Waals surface area contributed by atoms with Crippen LogP contribution in [0.4, 0.5) is 0 Å². The molecule has 0 spiro atoms. The number of imidazole rings is 1. The number of nitrogens with one attached hydrogen (secondary N) is 2. The first-order chi connectivity index (χ1) is 12.3. The van der Waals surface area contributed by atoms with Gasteiger partial charge in [-0.05, 0) is 25.7 Å². The molecule has 4 rings (SSSR count). The summed E-state index contributed by atoms with van der Waals surface area (Å²) in [6.07, 6.45) is 9.02. The topological polar surface area (TPSA) is 88.5 Å². The van der Waals surface area contributed by atoms with Crippen LogP contribution in [0.25, 0.3) is 11.3 Å². The molecule has 0 aliphatic heterocycles. The van der Waals surface area contributed by atoms with Crippen LogP contribution >= 0.6 is 0 Å². The number of amides is 1. The molecule has 1 aliphatic carbocycles. The van der Waals surface area contributed by atoms with Crippen LogP contribution in [0.15, 0.2) is 49.3 Å². The highest BCUT2D eigenvalue weighted by atomic mass is 16.2. The number of H-pyrrole nitrogens is 1. The summed E-state index contributed by atoms with van der Waals surface area (Å²) in [6, 6.07) is 10.4. The molecule has 1 aromatic carbocycles. The number of nitrogens with zero attached hydrogens (tertiary/aromatic N) is 4. The number of aromatic amines is 1. The lowest BCUT2D eigenvalue weighted by Gasteiger charge is -2.29. The lowest BCUT2D eigenvalue weighted by atomic mass is 9.91. The molecule has 0 bridgehead atoms. The van der Waals surface area contributed by atoms with Gasteiger partial charge in [0.1, 0.15) is 24.0 Å². The van der Waals surface area contributed by atoms with E-state index < -0.39 is 0 Å². The van der Waals surface area contributed by atoms with Gasteiger partial charge in [-0.2, -0.15) is 0 Å². The van der Waals surface area contributed by atoms with E-state index in [-0.39, 0.29) is 11.9 Å². The molecule has 1 fully saturated rings. The fraction of sp³-hybridized carbons (Fsp3) is 0.333. The van der Waals surface area contributed by atoms with Crippen LogP contribution in [-0.4, -0.2) is 36.7 Å². The zero-order valence-corrected chi connectivity index (χ0v) is 13.8. The van der Waals surface area contributed by atoms with Crippen molar-refractivity contribution in [3.8, 4) is 11.3 Å². The highest BCUT2D eigenvalue weighted by molar-refractivity contribution is 5.98. The van der Waals surface area contributed by atoms with Crippen LogP contribution in [0.2, 0.25) is 0 Å². The smallest absolute Gasteiger partial charge is 0.270 e. The summed E-state index contributed by atoms with van der Waals surface area (Å²) in [7, 11) is 0. The number of hydrogen-bond donors (Lipinski definition) is 2. The van der Waals surface area contributed by atoms with Crippen molar-refractivity contribution in [2.45, 2.75) is 37.8 Å². The minimum atomic E-state index is -0.0934. The first-order valence-corrected chi connectivity index (χ1v) is 8.55. The van der Waals surface area contributed by atoms with E-state index in [1.54, 1.807) is 19.0 Å². The second-order valence-electron chi connectivity index (χ2n) is 6.38. The first kappa shape index (κ1) is 15.6. The monoisotopic (exact) mass is 336 g/mol. The van der Waals surface area contributed by atoms with Gasteiger partial charge in [-0.15, -0.1) is 10.2 Å². The molecule has 1 saturated carbocycles. The van der Waals surface area contributed by atoms with Gasteiger partial charge in [0, 0.05) is 17.6 Å². The fourth-order valence-corrected chi connectivity index (χ4v) is 3.46. The van der Waals surface area contributed by atoms with Gasteiger partial charge < -0.3 is 14.9 Å². The van der Waals surface area contributed by atoms with E-state index in [4.69, 9.17) is 0 Å². The molecule has 128 valence electrons. The molecule has 0 atom stereocenters. The van der Waals surface area contributed by atoms with Crippen LogP contribution in [0, 0.1) is 0 Å². The van der Waals surface area contributed by atoms with Crippen LogP contribution in [0.5, 0.6) is 0 Å². The molecule has 7 nitrogen and oxygen atoms in total. The molecule has 2 N–H and O–H groups in total. The molecule has 2 aromatic heterocycles. The Morgan fingerprint density at radius 3 is 2.52 bits per heavy atom. The third-order valence-corrected chi connectivity index (χ3v) is 4.80. The normalized spacial score (nSPS) is 20.3. The van der Waals surface area contributed by atoms with E-state index in [1.807, 2.05) is 30.3 Å². The number of hydrogen-bond acceptors (Lipinski definition) is 4. The number of carbonyl (C=O) groups is 1. The molecule has 25 heavy (non-hydrogen) atoms. The van der Waals surface area contributed by atoms with Gasteiger partial charge in [0.15, 0.2) is 0 Å². The maximum Gasteiger partial charge on any atom is 0.270 e. The van der Waals surface area contributed by atoms with E-state index in [0.29, 0.717) is 17.4 Å². The van der Waals surface area contributed by atoms with Gasteiger partial charge in [-0.1, -0.05) is 30.3 Å². The molecule has 2 heterocycles. The van der Waals surface area contributed by atoms with Gasteiger partial charge in [0.05, 0.1) is 6.33 Å². The predicted octanol–water partition coefficient (Wildman–Crippen LogP) is 2.58. The fourth-order valence-electron chi connectivity index (χ4n) is 3.46. The number of carbonyl (C=O) groups excluding carboxylic acids is 1. The van der Waals surface area contributed by atoms with Crippen molar-refractivity contribution in [1.29, 1.82) is 0 Å². The van der Waals surface area contributed by atoms with E-state index in [1.165, 1.54) is 0 Å². The third-order valence-electron chi connectivity index (χ3n) is 4.80. The van der Waals surface area contributed by atoms with Gasteiger partial charge in [0.25, 0.3) is 5.91 Å². The van der Waals surface area contributed by atoms with Crippen molar-refractivity contribution < 1.29 is 4.79 Å². The van der Waals surface area contributed by atoms with Crippen LogP contribution in [-0.2, 0) is 0 Å². The van der Waals surface area contributed by atoms with Crippen molar-refractivity contribution in [3.63, 3.8) is 0 Å². The SMILES string of the molecule is O=C(NC1CCC(n2cnnc2)CC1)c1[nH]cnc1-c1ccccc1. The van der Waals surface area contributed by atoms with E-state index in [0.717, 1.165) is 31.2 Å². The zero-order chi connectivity index (χ0) is 17.1. The Morgan fingerprint density at radius 1 is 1.08 bits per heavy atom. The largest absolute Gasteiger partial charge is 0.348 e. The average molecular weight is 336 g/mol. The van der Waals surface area contributed by atoms with Crippen LogP contribution in [0.3, 0.4) is 0 Å². The minimum Gasteiger partial charge on any atom is -0.348 e. The lowest BCUT2D eigenvalue weighted by molar-refractivity contribution is 0.0918. The standard InChI is InChI=1S/C18H20N6O/c25-18(17-16(19-10-20-17)13-4-2-1-3-5-13)23-14-6-8-15(9-7-14)24-11-21-22-12-24/h1-5,10-12,14-15H,6-9H2,(H,19,20)(H,23,25). The Labute approximate surface area is 145 Å². The van der Waals surface area contributed by atoms with Crippen LogP contribution in [0.1, 0.15) is 42.2 Å². The van der Waals surface area contributed by atoms with Gasteiger partial charge in [-0.25, -0.2) is 4.98 Å². The second-order valence-corrected chi connectivity index (χ2v) is 6.38. The molecular weight excluding hydrogens is 316 g/mol. The number of rotatable bonds is 4. The maximum absolute atomic E-state index is 12.7. The molecular formula is C18H20N6O. The minimum absolute atomic E-state index is 0.0934. The summed E-state index contributed by atoms with van der Waals surface area (Å²) in [5.41, 5.74) is 2.15. The lowest BCUT2D eigenvalue weighted by Crippen LogP contribution is -2.38. The Bertz CT molecular complexity index is 818. The summed E-state index contributed by atoms with van der Waals surface area (Å²) < 4.78 is 2.06. The maximum atomic E-state index is 12.7. The summed E-state index contributed by atoms with van der Waals surface area (Å²) >= 11 is 0. The van der Waals surface area contributed by atoms with Crippen molar-refractivity contribution >= 4 is 5.91 Å². The van der Waals surface area contributed by atoms with E-state index >= 15 is 0 Å². The van der Waals surface area contributed by atoms with Gasteiger partial charge in [0.2, 0.25) is 0 Å². The molecule has 3 aromatic rings. The van der Waals surface area contributed by atoms with Crippen molar-refractivity contribution in [3.05, 3.63) is 55.0 Å². The van der Waals surface area contributed by atoms with Crippen LogP contribution < -0.4 is 5.32 Å². The Kier molecular flexibility index (Phi) is 4.28. The summed E-state index contributed by atoms with van der Waals surface area (Å²) in [5.74, 6) is -0.0934. The quantitative estimate of drug-likeness (QED) is 0.766. The van der Waals surface area contributed by atoms with Crippen molar-refractivity contribution in [1.82, 2.24) is 30.0 Å². The Hall–Kier alpha value is -2.96. The van der Waals surface area contributed by atoms with Crippen molar-refractivity contribution in [2.75, 3.05) is 0 Å². The Morgan fingerprint density at radius 2 is 1.80 bits per heavy atom. The molecule has 7 heteroatoms. The summed E-state index contributed by atoms with van der Waals surface area (Å²) in [6.45, 7) is 0. The number of aromatic nitrogens is 5. The molecule has 1 aliphatic rings.